The summed E-state index contributed by atoms with van der Waals surface area (Å²) < 4.78 is 4.86. The van der Waals surface area contributed by atoms with E-state index in [4.69, 9.17) is 20.1 Å². The predicted octanol–water partition coefficient (Wildman–Crippen LogP) is 4.27. The van der Waals surface area contributed by atoms with Crippen molar-refractivity contribution in [2.45, 2.75) is 122 Å². The number of amides is 1. The molecule has 198 valence electrons. The van der Waals surface area contributed by atoms with E-state index < -0.39 is 18.1 Å². The lowest BCUT2D eigenvalue weighted by Crippen LogP contribution is -2.32. The Morgan fingerprint density at radius 1 is 1.00 bits per heavy atom. The number of rotatable bonds is 19. The number of aliphatic carboxylic acids is 1. The maximum Gasteiger partial charge on any atom is 0.326 e. The van der Waals surface area contributed by atoms with Crippen molar-refractivity contribution in [2.24, 2.45) is 0 Å². The van der Waals surface area contributed by atoms with Crippen LogP contribution in [-0.2, 0) is 19.1 Å². The summed E-state index contributed by atoms with van der Waals surface area (Å²) in [5.74, 6) is -1.40. The number of carbonyl (C=O) groups is 3. The molecule has 1 saturated heterocycles. The molecule has 1 amide bonds. The van der Waals surface area contributed by atoms with Gasteiger partial charge in [-0.05, 0) is 38.5 Å². The quantitative estimate of drug-likeness (QED) is 0.122. The first-order valence-electron chi connectivity index (χ1n) is 13.0. The maximum absolute atomic E-state index is 11.4. The molecule has 0 bridgehead atoms. The standard InChI is InChI=1S/C21H40O4.C5H7NO3/c1-2-3-4-5-6-7-8-9-10-11-12-13-14-15-16-17-21(24)25-19-20(23)18-22;7-4-2-1-3(6-4)5(8)9/h9-10,20,22-23H,2-8,11-19H2,1H3;3H,1-2H2,(H,6,7)(H,8,9)/b10-9-;/t;3-/m.0/s1. The van der Waals surface area contributed by atoms with Crippen molar-refractivity contribution >= 4 is 17.8 Å². The van der Waals surface area contributed by atoms with Crippen LogP contribution in [0.4, 0.5) is 0 Å². The zero-order valence-corrected chi connectivity index (χ0v) is 21.0. The molecule has 2 atom stereocenters. The zero-order valence-electron chi connectivity index (χ0n) is 21.0. The van der Waals surface area contributed by atoms with Crippen LogP contribution >= 0.6 is 0 Å². The molecule has 0 aliphatic carbocycles. The van der Waals surface area contributed by atoms with Crippen molar-refractivity contribution in [3.05, 3.63) is 12.2 Å². The number of carbonyl (C=O) groups excluding carboxylic acids is 2. The van der Waals surface area contributed by atoms with E-state index in [-0.39, 0.29) is 25.1 Å². The van der Waals surface area contributed by atoms with Gasteiger partial charge >= 0.3 is 11.9 Å². The Morgan fingerprint density at radius 2 is 1.56 bits per heavy atom. The van der Waals surface area contributed by atoms with Crippen molar-refractivity contribution in [1.29, 1.82) is 0 Å². The number of unbranched alkanes of at least 4 members (excludes halogenated alkanes) is 11. The van der Waals surface area contributed by atoms with Crippen LogP contribution in [0.5, 0.6) is 0 Å². The monoisotopic (exact) mass is 485 g/mol. The Kier molecular flexibility index (Phi) is 21.5. The van der Waals surface area contributed by atoms with Crippen LogP contribution < -0.4 is 5.32 Å². The summed E-state index contributed by atoms with van der Waals surface area (Å²) in [6, 6.07) is -0.641. The Labute approximate surface area is 205 Å². The largest absolute Gasteiger partial charge is 0.480 e. The molecule has 1 unspecified atom stereocenters. The van der Waals surface area contributed by atoms with Gasteiger partial charge in [-0.1, -0.05) is 70.4 Å². The summed E-state index contributed by atoms with van der Waals surface area (Å²) in [5.41, 5.74) is 0. The molecule has 0 saturated carbocycles. The number of carboxylic acids is 1. The number of hydrogen-bond donors (Lipinski definition) is 4. The van der Waals surface area contributed by atoms with E-state index in [0.29, 0.717) is 19.3 Å². The Hall–Kier alpha value is -1.93. The molecule has 34 heavy (non-hydrogen) atoms. The molecule has 0 aromatic carbocycles. The van der Waals surface area contributed by atoms with Gasteiger partial charge in [-0.15, -0.1) is 0 Å². The SMILES string of the molecule is CCCCCCCC/C=C\CCCCCCCC(=O)OCC(O)CO.O=C1CC[C@@H](C(=O)O)N1. The summed E-state index contributed by atoms with van der Waals surface area (Å²) in [6.07, 6.45) is 20.9. The van der Waals surface area contributed by atoms with Gasteiger partial charge in [0.2, 0.25) is 5.91 Å². The van der Waals surface area contributed by atoms with E-state index in [1.165, 1.54) is 57.8 Å². The summed E-state index contributed by atoms with van der Waals surface area (Å²) in [4.78, 5) is 31.9. The second-order valence-electron chi connectivity index (χ2n) is 8.85. The maximum atomic E-state index is 11.4. The predicted molar refractivity (Wildman–Crippen MR) is 132 cm³/mol. The van der Waals surface area contributed by atoms with Crippen molar-refractivity contribution in [1.82, 2.24) is 5.32 Å². The number of esters is 1. The lowest BCUT2D eigenvalue weighted by Gasteiger charge is -2.08. The lowest BCUT2D eigenvalue weighted by atomic mass is 10.1. The van der Waals surface area contributed by atoms with Gasteiger partial charge in [-0.2, -0.15) is 0 Å². The molecule has 0 spiro atoms. The van der Waals surface area contributed by atoms with Crippen LogP contribution in [0.3, 0.4) is 0 Å². The number of aliphatic hydroxyl groups is 2. The molecule has 1 aliphatic heterocycles. The molecule has 4 N–H and O–H groups in total. The Balaban J connectivity index is 0.000000999. The van der Waals surface area contributed by atoms with E-state index in [0.717, 1.165) is 25.7 Å². The number of ether oxygens (including phenoxy) is 1. The molecule has 0 aromatic heterocycles. The zero-order chi connectivity index (χ0) is 25.4. The number of nitrogens with one attached hydrogen (secondary N) is 1. The number of allylic oxidation sites excluding steroid dienone is 2. The molecular weight excluding hydrogens is 438 g/mol. The van der Waals surface area contributed by atoms with E-state index in [9.17, 15) is 14.4 Å². The molecular formula is C26H47NO7. The van der Waals surface area contributed by atoms with Gasteiger partial charge in [-0.25, -0.2) is 4.79 Å². The van der Waals surface area contributed by atoms with E-state index in [2.05, 4.69) is 24.4 Å². The molecule has 1 fully saturated rings. The smallest absolute Gasteiger partial charge is 0.326 e. The highest BCUT2D eigenvalue weighted by Gasteiger charge is 2.26. The van der Waals surface area contributed by atoms with Crippen molar-refractivity contribution in [3.8, 4) is 0 Å². The third-order valence-corrected chi connectivity index (χ3v) is 5.58. The van der Waals surface area contributed by atoms with Gasteiger partial charge < -0.3 is 25.4 Å². The van der Waals surface area contributed by atoms with Gasteiger partial charge in [0.15, 0.2) is 0 Å². The minimum Gasteiger partial charge on any atom is -0.480 e. The van der Waals surface area contributed by atoms with Gasteiger partial charge in [0.05, 0.1) is 6.61 Å². The topological polar surface area (TPSA) is 133 Å². The van der Waals surface area contributed by atoms with Crippen LogP contribution in [-0.4, -0.2) is 58.5 Å². The van der Waals surface area contributed by atoms with Crippen LogP contribution in [0.25, 0.3) is 0 Å². The average Bonchev–Trinajstić information content (AvgIpc) is 3.27. The first-order valence-corrected chi connectivity index (χ1v) is 13.0. The molecule has 0 radical (unpaired) electrons. The summed E-state index contributed by atoms with van der Waals surface area (Å²) in [7, 11) is 0. The van der Waals surface area contributed by atoms with Gasteiger partial charge in [0.1, 0.15) is 18.8 Å². The van der Waals surface area contributed by atoms with E-state index >= 15 is 0 Å². The van der Waals surface area contributed by atoms with Gasteiger partial charge in [0.25, 0.3) is 0 Å². The highest BCUT2D eigenvalue weighted by Crippen LogP contribution is 2.10. The molecule has 1 aliphatic rings. The Morgan fingerprint density at radius 3 is 2.03 bits per heavy atom. The third kappa shape index (κ3) is 20.7. The third-order valence-electron chi connectivity index (χ3n) is 5.58. The number of aliphatic hydroxyl groups excluding tert-OH is 2. The fraction of sp³-hybridized carbons (Fsp3) is 0.808. The molecule has 8 nitrogen and oxygen atoms in total. The normalized spacial score (nSPS) is 16.1. The summed E-state index contributed by atoms with van der Waals surface area (Å²) in [6.45, 7) is 1.77. The van der Waals surface area contributed by atoms with Crippen LogP contribution in [0.15, 0.2) is 12.2 Å². The van der Waals surface area contributed by atoms with Crippen LogP contribution in [0.1, 0.15) is 110 Å². The lowest BCUT2D eigenvalue weighted by molar-refractivity contribution is -0.147. The fourth-order valence-electron chi connectivity index (χ4n) is 3.45. The highest BCUT2D eigenvalue weighted by atomic mass is 16.5. The molecule has 1 heterocycles. The van der Waals surface area contributed by atoms with Gasteiger partial charge in [0, 0.05) is 12.8 Å². The molecule has 1 rings (SSSR count). The van der Waals surface area contributed by atoms with Crippen LogP contribution in [0.2, 0.25) is 0 Å². The molecule has 0 aromatic rings. The molecule has 8 heteroatoms. The minimum atomic E-state index is -0.960. The van der Waals surface area contributed by atoms with Gasteiger partial charge in [-0.3, -0.25) is 9.59 Å². The Bertz CT molecular complexity index is 565. The summed E-state index contributed by atoms with van der Waals surface area (Å²) >= 11 is 0. The minimum absolute atomic E-state index is 0.111. The van der Waals surface area contributed by atoms with Crippen LogP contribution in [0, 0.1) is 0 Å². The van der Waals surface area contributed by atoms with E-state index in [1.54, 1.807) is 0 Å². The van der Waals surface area contributed by atoms with Crippen molar-refractivity contribution in [3.63, 3.8) is 0 Å². The van der Waals surface area contributed by atoms with E-state index in [1.807, 2.05) is 0 Å². The van der Waals surface area contributed by atoms with Crippen molar-refractivity contribution < 1.29 is 34.4 Å². The number of carboxylic acid groups (broad SMARTS) is 1. The average molecular weight is 486 g/mol. The summed E-state index contributed by atoms with van der Waals surface area (Å²) in [5, 5.41) is 28.3. The first-order chi connectivity index (χ1) is 16.4. The highest BCUT2D eigenvalue weighted by molar-refractivity contribution is 5.87. The number of hydrogen-bond acceptors (Lipinski definition) is 6. The second-order valence-corrected chi connectivity index (χ2v) is 8.85. The second kappa shape index (κ2) is 22.8. The fourth-order valence-corrected chi connectivity index (χ4v) is 3.45. The first kappa shape index (κ1) is 32.1. The van der Waals surface area contributed by atoms with Crippen molar-refractivity contribution in [2.75, 3.05) is 13.2 Å².